The Labute approximate surface area is 74.5 Å². The van der Waals surface area contributed by atoms with E-state index in [2.05, 4.69) is 6.58 Å². The second-order valence-electron chi connectivity index (χ2n) is 3.42. The van der Waals surface area contributed by atoms with E-state index in [1.165, 1.54) is 0 Å². The largest absolute Gasteiger partial charge is 0.239 e. The number of hydrogen-bond donors (Lipinski definition) is 0. The topological polar surface area (TPSA) is 0 Å². The van der Waals surface area contributed by atoms with E-state index in [4.69, 9.17) is 0 Å². The molecule has 0 rings (SSSR count). The zero-order chi connectivity index (χ0) is 9.78. The molecular weight excluding hydrogens is 151 g/mol. The highest BCUT2D eigenvalue weighted by Crippen LogP contribution is 2.22. The van der Waals surface area contributed by atoms with Crippen LogP contribution in [0.25, 0.3) is 0 Å². The highest BCUT2D eigenvalue weighted by atomic mass is 19.1. The van der Waals surface area contributed by atoms with Gasteiger partial charge in [-0.3, -0.25) is 0 Å². The van der Waals surface area contributed by atoms with Crippen molar-refractivity contribution in [3.8, 4) is 0 Å². The van der Waals surface area contributed by atoms with Crippen molar-refractivity contribution >= 4 is 0 Å². The maximum Gasteiger partial charge on any atom is 0.130 e. The van der Waals surface area contributed by atoms with Gasteiger partial charge < -0.3 is 0 Å². The van der Waals surface area contributed by atoms with Crippen LogP contribution in [0.1, 0.15) is 27.7 Å². The van der Waals surface area contributed by atoms with E-state index in [1.54, 1.807) is 26.0 Å². The Balaban J connectivity index is 4.80. The highest BCUT2D eigenvalue weighted by Gasteiger charge is 2.18. The van der Waals surface area contributed by atoms with E-state index < -0.39 is 5.67 Å². The lowest BCUT2D eigenvalue weighted by Crippen LogP contribution is -2.14. The standard InChI is InChI=1S/C11H17F/c1-6-7-10(8-9(2)3)11(4,5)12/h6-8H,2H2,1,3-5H3. The first kappa shape index (κ1) is 11.2. The van der Waals surface area contributed by atoms with Gasteiger partial charge in [-0.15, -0.1) is 0 Å². The monoisotopic (exact) mass is 168 g/mol. The van der Waals surface area contributed by atoms with Gasteiger partial charge in [0.05, 0.1) is 0 Å². The number of alkyl halides is 1. The maximum atomic E-state index is 13.4. The molecule has 0 saturated carbocycles. The lowest BCUT2D eigenvalue weighted by molar-refractivity contribution is 0.274. The fraction of sp³-hybridized carbons (Fsp3) is 0.455. The van der Waals surface area contributed by atoms with Crippen molar-refractivity contribution in [2.75, 3.05) is 0 Å². The second kappa shape index (κ2) is 4.24. The first-order valence-electron chi connectivity index (χ1n) is 4.07. The van der Waals surface area contributed by atoms with Crippen LogP contribution in [0.5, 0.6) is 0 Å². The predicted molar refractivity (Wildman–Crippen MR) is 52.9 cm³/mol. The molecule has 0 aliphatic heterocycles. The normalized spacial score (nSPS) is 13.9. The van der Waals surface area contributed by atoms with Gasteiger partial charge in [0.25, 0.3) is 0 Å². The fourth-order valence-electron chi connectivity index (χ4n) is 0.863. The summed E-state index contributed by atoms with van der Waals surface area (Å²) in [5.41, 5.74) is 0.247. The van der Waals surface area contributed by atoms with E-state index in [-0.39, 0.29) is 0 Å². The quantitative estimate of drug-likeness (QED) is 0.562. The van der Waals surface area contributed by atoms with Gasteiger partial charge in [0, 0.05) is 0 Å². The van der Waals surface area contributed by atoms with Gasteiger partial charge >= 0.3 is 0 Å². The molecule has 68 valence electrons. The zero-order valence-corrected chi connectivity index (χ0v) is 8.32. The predicted octanol–water partition coefficient (Wildman–Crippen LogP) is 3.81. The van der Waals surface area contributed by atoms with Crippen LogP contribution in [-0.2, 0) is 0 Å². The Hall–Kier alpha value is -0.850. The molecule has 0 radical (unpaired) electrons. The summed E-state index contributed by atoms with van der Waals surface area (Å²) in [6, 6.07) is 0. The molecular formula is C11H17F. The van der Waals surface area contributed by atoms with Gasteiger partial charge in [0.2, 0.25) is 0 Å². The molecule has 0 amide bonds. The Morgan fingerprint density at radius 1 is 1.42 bits per heavy atom. The lowest BCUT2D eigenvalue weighted by Gasteiger charge is -2.15. The molecule has 0 nitrogen and oxygen atoms in total. The van der Waals surface area contributed by atoms with Crippen molar-refractivity contribution in [1.29, 1.82) is 0 Å². The van der Waals surface area contributed by atoms with E-state index in [1.807, 2.05) is 19.9 Å². The molecule has 0 aromatic rings. The Morgan fingerprint density at radius 2 is 1.92 bits per heavy atom. The molecule has 1 heteroatoms. The molecule has 0 aliphatic rings. The minimum absolute atomic E-state index is 0.664. The summed E-state index contributed by atoms with van der Waals surface area (Å²) in [4.78, 5) is 0. The number of rotatable bonds is 3. The molecule has 0 spiro atoms. The number of hydrogen-bond acceptors (Lipinski definition) is 0. The van der Waals surface area contributed by atoms with E-state index >= 15 is 0 Å². The average molecular weight is 168 g/mol. The minimum Gasteiger partial charge on any atom is -0.239 e. The Morgan fingerprint density at radius 3 is 2.17 bits per heavy atom. The summed E-state index contributed by atoms with van der Waals surface area (Å²) < 4.78 is 13.4. The third-order valence-corrected chi connectivity index (χ3v) is 1.43. The van der Waals surface area contributed by atoms with Gasteiger partial charge in [-0.05, 0) is 33.3 Å². The third-order valence-electron chi connectivity index (χ3n) is 1.43. The molecule has 0 unspecified atom stereocenters. The van der Waals surface area contributed by atoms with Crippen molar-refractivity contribution in [2.45, 2.75) is 33.4 Å². The summed E-state index contributed by atoms with van der Waals surface area (Å²) in [6.07, 6.45) is 5.37. The molecule has 0 atom stereocenters. The van der Waals surface area contributed by atoms with Crippen LogP contribution in [0.3, 0.4) is 0 Å². The summed E-state index contributed by atoms with van der Waals surface area (Å²) in [7, 11) is 0. The maximum absolute atomic E-state index is 13.4. The molecule has 0 heterocycles. The smallest absolute Gasteiger partial charge is 0.130 e. The average Bonchev–Trinajstić information content (AvgIpc) is 1.83. The van der Waals surface area contributed by atoms with Crippen molar-refractivity contribution in [2.24, 2.45) is 0 Å². The molecule has 0 aromatic carbocycles. The van der Waals surface area contributed by atoms with Gasteiger partial charge in [0.1, 0.15) is 5.67 Å². The van der Waals surface area contributed by atoms with E-state index in [0.29, 0.717) is 5.57 Å². The van der Waals surface area contributed by atoms with E-state index in [9.17, 15) is 4.39 Å². The molecule has 0 aliphatic carbocycles. The summed E-state index contributed by atoms with van der Waals surface area (Å²) in [5.74, 6) is 0. The zero-order valence-electron chi connectivity index (χ0n) is 8.32. The lowest BCUT2D eigenvalue weighted by atomic mass is 9.98. The van der Waals surface area contributed by atoms with Crippen molar-refractivity contribution in [3.05, 3.63) is 36.0 Å². The molecule has 12 heavy (non-hydrogen) atoms. The van der Waals surface area contributed by atoms with Crippen molar-refractivity contribution in [3.63, 3.8) is 0 Å². The first-order chi connectivity index (χ1) is 5.38. The van der Waals surface area contributed by atoms with Gasteiger partial charge in [-0.1, -0.05) is 30.4 Å². The van der Waals surface area contributed by atoms with Crippen molar-refractivity contribution in [1.82, 2.24) is 0 Å². The van der Waals surface area contributed by atoms with Crippen LogP contribution in [0.15, 0.2) is 36.0 Å². The second-order valence-corrected chi connectivity index (χ2v) is 3.42. The molecule has 0 N–H and O–H groups in total. The SMILES string of the molecule is C=C(C)C=C(C=CC)C(C)(C)F. The molecule has 0 saturated heterocycles. The Kier molecular flexibility index (Phi) is 3.94. The molecule has 0 bridgehead atoms. The van der Waals surface area contributed by atoms with Crippen LogP contribution >= 0.6 is 0 Å². The van der Waals surface area contributed by atoms with Crippen molar-refractivity contribution < 1.29 is 4.39 Å². The summed E-state index contributed by atoms with van der Waals surface area (Å²) >= 11 is 0. The van der Waals surface area contributed by atoms with Gasteiger partial charge in [-0.25, -0.2) is 4.39 Å². The van der Waals surface area contributed by atoms with Crippen LogP contribution in [-0.4, -0.2) is 5.67 Å². The first-order valence-corrected chi connectivity index (χ1v) is 4.07. The Bertz CT molecular complexity index is 214. The van der Waals surface area contributed by atoms with Crippen LogP contribution in [0, 0.1) is 0 Å². The summed E-state index contributed by atoms with van der Waals surface area (Å²) in [6.45, 7) is 10.5. The number of halogens is 1. The van der Waals surface area contributed by atoms with Gasteiger partial charge in [-0.2, -0.15) is 0 Å². The molecule has 0 aromatic heterocycles. The highest BCUT2D eigenvalue weighted by molar-refractivity contribution is 5.33. The van der Waals surface area contributed by atoms with Crippen LogP contribution in [0.4, 0.5) is 4.39 Å². The van der Waals surface area contributed by atoms with Crippen LogP contribution in [0.2, 0.25) is 0 Å². The van der Waals surface area contributed by atoms with E-state index in [0.717, 1.165) is 5.57 Å². The van der Waals surface area contributed by atoms with Crippen LogP contribution < -0.4 is 0 Å². The number of allylic oxidation sites excluding steroid dienone is 5. The molecule has 0 fully saturated rings. The summed E-state index contributed by atoms with van der Waals surface area (Å²) in [5, 5.41) is 0. The fourth-order valence-corrected chi connectivity index (χ4v) is 0.863. The minimum atomic E-state index is -1.29. The van der Waals surface area contributed by atoms with Gasteiger partial charge in [0.15, 0.2) is 0 Å². The third kappa shape index (κ3) is 4.12.